The summed E-state index contributed by atoms with van der Waals surface area (Å²) in [6, 6.07) is 13.0. The number of hydrogen-bond donors (Lipinski definition) is 9. The number of ether oxygens (including phenoxy) is 3. The summed E-state index contributed by atoms with van der Waals surface area (Å²) in [5.74, 6) is -10.8. The van der Waals surface area contributed by atoms with Gasteiger partial charge in [0.2, 0.25) is 12.2 Å². The average Bonchev–Trinajstić information content (AvgIpc) is 3.50. The Morgan fingerprint density at radius 2 is 1.13 bits per heavy atom. The summed E-state index contributed by atoms with van der Waals surface area (Å²) in [6.45, 7) is 0. The smallest absolute Gasteiger partial charge is 0.345 e. The molecule has 4 aromatic carbocycles. The van der Waals surface area contributed by atoms with Gasteiger partial charge in [-0.25, -0.2) is 14.4 Å². The highest BCUT2D eigenvalue weighted by molar-refractivity contribution is 5.92. The van der Waals surface area contributed by atoms with Gasteiger partial charge in [-0.05, 0) is 70.8 Å². The van der Waals surface area contributed by atoms with Crippen LogP contribution < -0.4 is 4.74 Å². The maximum absolute atomic E-state index is 13.9. The van der Waals surface area contributed by atoms with Crippen molar-refractivity contribution >= 4 is 30.0 Å². The molecular weight excluding hydrogens is 688 g/mol. The minimum Gasteiger partial charge on any atom is -0.504 e. The fourth-order valence-electron chi connectivity index (χ4n) is 5.49. The number of benzene rings is 4. The summed E-state index contributed by atoms with van der Waals surface area (Å²) in [4.78, 5) is 50.9. The van der Waals surface area contributed by atoms with E-state index in [2.05, 4.69) is 0 Å². The molecule has 0 amide bonds. The lowest BCUT2D eigenvalue weighted by Crippen LogP contribution is -2.33. The minimum atomic E-state index is -1.84. The third-order valence-corrected chi connectivity index (χ3v) is 8.04. The first-order chi connectivity index (χ1) is 24.6. The highest BCUT2D eigenvalue weighted by atomic mass is 16.6. The van der Waals surface area contributed by atoms with E-state index in [0.29, 0.717) is 0 Å². The van der Waals surface area contributed by atoms with E-state index >= 15 is 0 Å². The van der Waals surface area contributed by atoms with Gasteiger partial charge in [-0.2, -0.15) is 0 Å². The normalized spacial score (nSPS) is 16.0. The van der Waals surface area contributed by atoms with E-state index in [9.17, 15) is 65.1 Å². The third-order valence-electron chi connectivity index (χ3n) is 8.04. The zero-order chi connectivity index (χ0) is 37.9. The molecule has 0 radical (unpaired) electrons. The molecule has 0 saturated heterocycles. The van der Waals surface area contributed by atoms with Gasteiger partial charge in [0.25, 0.3) is 0 Å². The predicted molar refractivity (Wildman–Crippen MR) is 175 cm³/mol. The third kappa shape index (κ3) is 7.86. The van der Waals surface area contributed by atoms with Crippen molar-refractivity contribution in [2.75, 3.05) is 0 Å². The molecule has 1 aliphatic rings. The molecule has 0 spiro atoms. The molecule has 1 aliphatic heterocycles. The van der Waals surface area contributed by atoms with Gasteiger partial charge in [0.15, 0.2) is 46.0 Å². The Kier molecular flexibility index (Phi) is 10.3. The Labute approximate surface area is 292 Å². The van der Waals surface area contributed by atoms with Crippen LogP contribution >= 0.6 is 0 Å². The summed E-state index contributed by atoms with van der Waals surface area (Å²) >= 11 is 0. The number of phenols is 7. The van der Waals surface area contributed by atoms with Crippen molar-refractivity contribution in [1.29, 1.82) is 0 Å². The van der Waals surface area contributed by atoms with Crippen molar-refractivity contribution in [2.45, 2.75) is 37.1 Å². The second-order valence-electron chi connectivity index (χ2n) is 11.6. The number of aliphatic carboxylic acids is 2. The van der Waals surface area contributed by atoms with Gasteiger partial charge in [-0.1, -0.05) is 24.3 Å². The quantitative estimate of drug-likeness (QED) is 0.0577. The number of phenolic OH excluding ortho intramolecular Hbond substituents is 7. The molecule has 4 atom stereocenters. The lowest BCUT2D eigenvalue weighted by atomic mass is 9.87. The molecule has 1 unspecified atom stereocenters. The van der Waals surface area contributed by atoms with Crippen molar-refractivity contribution in [1.82, 2.24) is 0 Å². The molecule has 0 bridgehead atoms. The van der Waals surface area contributed by atoms with Gasteiger partial charge >= 0.3 is 23.9 Å². The van der Waals surface area contributed by atoms with E-state index in [1.807, 2.05) is 0 Å². The Hall–Kier alpha value is -7.10. The van der Waals surface area contributed by atoms with Crippen LogP contribution in [-0.4, -0.2) is 82.0 Å². The van der Waals surface area contributed by atoms with Crippen LogP contribution in [0.3, 0.4) is 0 Å². The van der Waals surface area contributed by atoms with E-state index in [1.54, 1.807) is 0 Å². The fourth-order valence-corrected chi connectivity index (χ4v) is 5.49. The van der Waals surface area contributed by atoms with Crippen molar-refractivity contribution < 1.29 is 79.3 Å². The van der Waals surface area contributed by atoms with E-state index in [0.717, 1.165) is 54.6 Å². The first-order valence-electron chi connectivity index (χ1n) is 15.2. The Balaban J connectivity index is 1.47. The zero-order valence-electron chi connectivity index (χ0n) is 26.6. The molecule has 5 rings (SSSR count). The molecular formula is C36H30O16. The van der Waals surface area contributed by atoms with E-state index in [-0.39, 0.29) is 40.0 Å². The summed E-state index contributed by atoms with van der Waals surface area (Å²) in [7, 11) is 0. The lowest BCUT2D eigenvalue weighted by molar-refractivity contribution is -0.166. The largest absolute Gasteiger partial charge is 0.504 e. The number of carboxylic acid groups (broad SMARTS) is 2. The second kappa shape index (κ2) is 14.8. The predicted octanol–water partition coefficient (Wildman–Crippen LogP) is 3.33. The van der Waals surface area contributed by atoms with Crippen LogP contribution in [0.4, 0.5) is 0 Å². The lowest BCUT2D eigenvalue weighted by Gasteiger charge is -2.22. The van der Waals surface area contributed by atoms with Gasteiger partial charge in [-0.15, -0.1) is 0 Å². The second-order valence-corrected chi connectivity index (χ2v) is 11.6. The van der Waals surface area contributed by atoms with Crippen LogP contribution in [0.5, 0.6) is 46.0 Å². The molecule has 16 heteroatoms. The number of esters is 2. The first-order valence-corrected chi connectivity index (χ1v) is 15.2. The minimum absolute atomic E-state index is 0.0443. The maximum Gasteiger partial charge on any atom is 0.345 e. The van der Waals surface area contributed by atoms with Crippen molar-refractivity contribution in [2.24, 2.45) is 0 Å². The van der Waals surface area contributed by atoms with Crippen LogP contribution in [0, 0.1) is 0 Å². The Morgan fingerprint density at radius 1 is 0.635 bits per heavy atom. The van der Waals surface area contributed by atoms with Crippen LogP contribution in [0.15, 0.2) is 72.8 Å². The molecule has 0 aliphatic carbocycles. The molecule has 9 N–H and O–H groups in total. The summed E-state index contributed by atoms with van der Waals surface area (Å²) in [5, 5.41) is 89.1. The Bertz CT molecular complexity index is 2090. The van der Waals surface area contributed by atoms with Crippen LogP contribution in [0.25, 0.3) is 6.08 Å². The van der Waals surface area contributed by atoms with Crippen molar-refractivity contribution in [3.05, 3.63) is 101 Å². The molecule has 1 heterocycles. The number of hydrogen-bond acceptors (Lipinski definition) is 14. The molecule has 0 aromatic heterocycles. The summed E-state index contributed by atoms with van der Waals surface area (Å²) in [6.07, 6.45) is -3.85. The Morgan fingerprint density at radius 3 is 1.65 bits per heavy atom. The molecule has 4 aromatic rings. The standard InChI is InChI=1S/C36H30O16/c37-20-6-1-16(11-24(20)41)13-27(34(45)46)50-29(44)10-5-18-3-9-23(40)33-30(18)31(32(52-33)19-4-8-22(39)26(43)15-19)36(49)51-28(35(47)48)14-17-2-7-21(38)25(42)12-17/h1-12,15,27-28,31-32,37-43H,13-14H2,(H,45,46)(H,47,48)/b10-5+/t27-,28+,31+,32?/m1/s1. The number of carbonyl (C=O) groups excluding carboxylic acids is 2. The van der Waals surface area contributed by atoms with Gasteiger partial charge in [0, 0.05) is 24.5 Å². The highest BCUT2D eigenvalue weighted by Crippen LogP contribution is 2.53. The SMILES string of the molecule is O=C(/C=C/c1ccc(O)c2c1[C@H](C(=O)O[C@@H](Cc1ccc(O)c(O)c1)C(=O)O)C(c1ccc(O)c(O)c1)O2)O[C@H](Cc1ccc(O)c(O)c1)C(=O)O. The average molecular weight is 719 g/mol. The maximum atomic E-state index is 13.9. The number of fused-ring (bicyclic) bond motifs is 1. The molecule has 0 saturated carbocycles. The van der Waals surface area contributed by atoms with E-state index in [1.165, 1.54) is 24.3 Å². The number of carbonyl (C=O) groups is 4. The fraction of sp³-hybridized carbons (Fsp3) is 0.167. The molecule has 52 heavy (non-hydrogen) atoms. The number of aromatic hydroxyl groups is 7. The van der Waals surface area contributed by atoms with E-state index in [4.69, 9.17) is 14.2 Å². The van der Waals surface area contributed by atoms with Crippen LogP contribution in [0.1, 0.15) is 39.8 Å². The number of carboxylic acids is 2. The zero-order valence-corrected chi connectivity index (χ0v) is 26.6. The first kappa shape index (κ1) is 36.2. The number of rotatable bonds is 12. The van der Waals surface area contributed by atoms with Gasteiger partial charge < -0.3 is 60.2 Å². The monoisotopic (exact) mass is 718 g/mol. The topological polar surface area (TPSA) is 278 Å². The van der Waals surface area contributed by atoms with Crippen LogP contribution in [0.2, 0.25) is 0 Å². The summed E-state index contributed by atoms with van der Waals surface area (Å²) < 4.78 is 16.5. The molecule has 0 fully saturated rings. The van der Waals surface area contributed by atoms with Gasteiger partial charge in [0.1, 0.15) is 12.0 Å². The van der Waals surface area contributed by atoms with Crippen molar-refractivity contribution in [3.63, 3.8) is 0 Å². The molecule has 270 valence electrons. The molecule has 16 nitrogen and oxygen atoms in total. The van der Waals surface area contributed by atoms with Crippen LogP contribution in [-0.2, 0) is 41.5 Å². The highest BCUT2D eigenvalue weighted by Gasteiger charge is 2.46. The van der Waals surface area contributed by atoms with Gasteiger partial charge in [-0.3, -0.25) is 4.79 Å². The van der Waals surface area contributed by atoms with E-state index < -0.39 is 94.8 Å². The summed E-state index contributed by atoms with van der Waals surface area (Å²) in [5.41, 5.74) is 0.445. The van der Waals surface area contributed by atoms with Gasteiger partial charge in [0.05, 0.1) is 0 Å². The van der Waals surface area contributed by atoms with Crippen molar-refractivity contribution in [3.8, 4) is 46.0 Å².